The van der Waals surface area contributed by atoms with Gasteiger partial charge in [0.25, 0.3) is 0 Å². The van der Waals surface area contributed by atoms with E-state index in [9.17, 15) is 4.39 Å². The first-order valence-corrected chi connectivity index (χ1v) is 11.6. The van der Waals surface area contributed by atoms with Gasteiger partial charge in [-0.05, 0) is 77.6 Å². The fourth-order valence-corrected chi connectivity index (χ4v) is 4.92. The minimum absolute atomic E-state index is 0.213. The van der Waals surface area contributed by atoms with E-state index in [2.05, 4.69) is 45.9 Å². The molecule has 32 heavy (non-hydrogen) atoms. The molecular formula is C29H28FNO. The molecule has 2 aromatic heterocycles. The van der Waals surface area contributed by atoms with Crippen LogP contribution in [0.3, 0.4) is 0 Å². The van der Waals surface area contributed by atoms with Crippen LogP contribution in [0.2, 0.25) is 0 Å². The molecule has 0 aliphatic rings. The van der Waals surface area contributed by atoms with Gasteiger partial charge in [-0.1, -0.05) is 45.9 Å². The molecular weight excluding hydrogens is 397 g/mol. The number of aromatic nitrogens is 1. The Morgan fingerprint density at radius 2 is 1.66 bits per heavy atom. The van der Waals surface area contributed by atoms with Gasteiger partial charge in [0.15, 0.2) is 0 Å². The van der Waals surface area contributed by atoms with Crippen molar-refractivity contribution in [3.05, 3.63) is 77.7 Å². The molecule has 2 nitrogen and oxygen atoms in total. The smallest absolute Gasteiger partial charge is 0.144 e. The summed E-state index contributed by atoms with van der Waals surface area (Å²) in [4.78, 5) is 4.76. The van der Waals surface area contributed by atoms with E-state index >= 15 is 0 Å². The van der Waals surface area contributed by atoms with Crippen molar-refractivity contribution >= 4 is 32.7 Å². The number of furan rings is 1. The molecule has 0 amide bonds. The van der Waals surface area contributed by atoms with Gasteiger partial charge in [-0.2, -0.15) is 0 Å². The van der Waals surface area contributed by atoms with Gasteiger partial charge >= 0.3 is 0 Å². The second kappa shape index (κ2) is 8.05. The lowest BCUT2D eigenvalue weighted by Gasteiger charge is -2.18. The molecule has 0 saturated heterocycles. The van der Waals surface area contributed by atoms with Gasteiger partial charge in [-0.15, -0.1) is 0 Å². The number of fused-ring (bicyclic) bond motifs is 4. The Hall–Kier alpha value is -3.20. The Bertz CT molecular complexity index is 1440. The number of pyridine rings is 1. The predicted octanol–water partition coefficient (Wildman–Crippen LogP) is 8.97. The second-order valence-corrected chi connectivity index (χ2v) is 8.96. The first-order chi connectivity index (χ1) is 15.5. The second-order valence-electron chi connectivity index (χ2n) is 8.96. The van der Waals surface area contributed by atoms with Crippen LogP contribution in [0.5, 0.6) is 0 Å². The Labute approximate surface area is 188 Å². The van der Waals surface area contributed by atoms with Crippen LogP contribution >= 0.6 is 0 Å². The monoisotopic (exact) mass is 425 g/mol. The SMILES string of the molecule is CCC(CC)c1cc(F)cc2c(-c3cc(C(C)C)cc4c3oc3ccccc34)nccc12. The third-order valence-electron chi connectivity index (χ3n) is 6.72. The maximum absolute atomic E-state index is 14.9. The maximum atomic E-state index is 14.9. The van der Waals surface area contributed by atoms with Crippen molar-refractivity contribution in [3.63, 3.8) is 0 Å². The molecule has 0 aliphatic heterocycles. The molecule has 162 valence electrons. The van der Waals surface area contributed by atoms with Crippen LogP contribution in [-0.4, -0.2) is 4.98 Å². The summed E-state index contributed by atoms with van der Waals surface area (Å²) in [5.41, 5.74) is 5.65. The lowest BCUT2D eigenvalue weighted by molar-refractivity contribution is 0.610. The van der Waals surface area contributed by atoms with Crippen molar-refractivity contribution in [2.24, 2.45) is 0 Å². The van der Waals surface area contributed by atoms with Crippen molar-refractivity contribution in [2.75, 3.05) is 0 Å². The van der Waals surface area contributed by atoms with E-state index in [4.69, 9.17) is 9.40 Å². The van der Waals surface area contributed by atoms with Gasteiger partial charge < -0.3 is 4.42 Å². The molecule has 0 atom stereocenters. The molecule has 0 unspecified atom stereocenters. The summed E-state index contributed by atoms with van der Waals surface area (Å²) in [7, 11) is 0. The number of halogens is 1. The van der Waals surface area contributed by atoms with Gasteiger partial charge in [-0.25, -0.2) is 4.39 Å². The molecule has 3 aromatic carbocycles. The quantitative estimate of drug-likeness (QED) is 0.281. The lowest BCUT2D eigenvalue weighted by Crippen LogP contribution is -2.00. The zero-order chi connectivity index (χ0) is 22.4. The van der Waals surface area contributed by atoms with E-state index in [0.29, 0.717) is 11.8 Å². The van der Waals surface area contributed by atoms with Gasteiger partial charge in [0.1, 0.15) is 17.0 Å². The molecule has 5 aromatic rings. The summed E-state index contributed by atoms with van der Waals surface area (Å²) in [5, 5.41) is 4.09. The Morgan fingerprint density at radius 3 is 2.41 bits per heavy atom. The Kier molecular flexibility index (Phi) is 5.21. The molecule has 0 spiro atoms. The van der Waals surface area contributed by atoms with Crippen molar-refractivity contribution in [1.82, 2.24) is 4.98 Å². The highest BCUT2D eigenvalue weighted by molar-refractivity contribution is 6.12. The van der Waals surface area contributed by atoms with E-state index in [1.54, 1.807) is 12.1 Å². The van der Waals surface area contributed by atoms with Crippen LogP contribution in [0, 0.1) is 5.82 Å². The highest BCUT2D eigenvalue weighted by Gasteiger charge is 2.20. The largest absolute Gasteiger partial charge is 0.455 e. The van der Waals surface area contributed by atoms with E-state index in [-0.39, 0.29) is 5.82 Å². The molecule has 0 bridgehead atoms. The molecule has 0 fully saturated rings. The molecule has 5 rings (SSSR count). The van der Waals surface area contributed by atoms with Gasteiger partial charge in [0.05, 0.1) is 5.69 Å². The summed E-state index contributed by atoms with van der Waals surface area (Å²) >= 11 is 0. The fourth-order valence-electron chi connectivity index (χ4n) is 4.92. The average Bonchev–Trinajstić information content (AvgIpc) is 3.17. The van der Waals surface area contributed by atoms with E-state index < -0.39 is 0 Å². The number of rotatable bonds is 5. The summed E-state index contributed by atoms with van der Waals surface area (Å²) in [6.07, 6.45) is 3.80. The molecule has 0 aliphatic carbocycles. The molecule has 0 N–H and O–H groups in total. The fraction of sp³-hybridized carbons (Fsp3) is 0.276. The minimum Gasteiger partial charge on any atom is -0.455 e. The Balaban J connectivity index is 1.89. The molecule has 3 heteroatoms. The minimum atomic E-state index is -0.213. The standard InChI is InChI=1S/C29H28FNO/c1-5-18(6-2)23-15-20(30)16-24-21(23)11-12-31-28(24)26-14-19(17(3)4)13-25-22-9-7-8-10-27(22)32-29(25)26/h7-18H,5-6H2,1-4H3. The highest BCUT2D eigenvalue weighted by atomic mass is 19.1. The third kappa shape index (κ3) is 3.28. The van der Waals surface area contributed by atoms with Crippen molar-refractivity contribution < 1.29 is 8.81 Å². The Morgan fingerprint density at radius 1 is 0.875 bits per heavy atom. The zero-order valence-corrected chi connectivity index (χ0v) is 19.1. The molecule has 0 radical (unpaired) electrons. The van der Waals surface area contributed by atoms with Crippen molar-refractivity contribution in [1.29, 1.82) is 0 Å². The number of benzene rings is 3. The van der Waals surface area contributed by atoms with Crippen LogP contribution in [0.4, 0.5) is 4.39 Å². The molecule has 0 saturated carbocycles. The zero-order valence-electron chi connectivity index (χ0n) is 19.1. The van der Waals surface area contributed by atoms with Gasteiger partial charge in [0.2, 0.25) is 0 Å². The first-order valence-electron chi connectivity index (χ1n) is 11.6. The number of hydrogen-bond donors (Lipinski definition) is 0. The number of hydrogen-bond acceptors (Lipinski definition) is 2. The van der Waals surface area contributed by atoms with E-state index in [0.717, 1.165) is 62.4 Å². The summed E-state index contributed by atoms with van der Waals surface area (Å²) in [6.45, 7) is 8.71. The van der Waals surface area contributed by atoms with Crippen LogP contribution in [-0.2, 0) is 0 Å². The van der Waals surface area contributed by atoms with Crippen LogP contribution in [0.1, 0.15) is 63.5 Å². The van der Waals surface area contributed by atoms with E-state index in [1.807, 2.05) is 30.5 Å². The topological polar surface area (TPSA) is 26.0 Å². The maximum Gasteiger partial charge on any atom is 0.144 e. The van der Waals surface area contributed by atoms with Crippen LogP contribution < -0.4 is 0 Å². The van der Waals surface area contributed by atoms with Gasteiger partial charge in [0, 0.05) is 27.9 Å². The number of para-hydroxylation sites is 1. The molecule has 2 heterocycles. The van der Waals surface area contributed by atoms with Crippen molar-refractivity contribution in [3.8, 4) is 11.3 Å². The average molecular weight is 426 g/mol. The summed E-state index contributed by atoms with van der Waals surface area (Å²) in [6, 6.07) is 17.8. The summed E-state index contributed by atoms with van der Waals surface area (Å²) in [5.74, 6) is 0.449. The normalized spacial score (nSPS) is 12.1. The predicted molar refractivity (Wildman–Crippen MR) is 132 cm³/mol. The third-order valence-corrected chi connectivity index (χ3v) is 6.72. The first kappa shape index (κ1) is 20.7. The van der Waals surface area contributed by atoms with Crippen molar-refractivity contribution in [2.45, 2.75) is 52.4 Å². The van der Waals surface area contributed by atoms with Gasteiger partial charge in [-0.3, -0.25) is 4.98 Å². The highest BCUT2D eigenvalue weighted by Crippen LogP contribution is 2.41. The summed E-state index contributed by atoms with van der Waals surface area (Å²) < 4.78 is 21.2. The lowest BCUT2D eigenvalue weighted by atomic mass is 9.88. The number of nitrogens with zero attached hydrogens (tertiary/aromatic N) is 1. The van der Waals surface area contributed by atoms with E-state index in [1.165, 1.54) is 5.56 Å². The van der Waals surface area contributed by atoms with Crippen LogP contribution in [0.15, 0.2) is 65.2 Å². The van der Waals surface area contributed by atoms with Crippen LogP contribution in [0.25, 0.3) is 44.0 Å².